The normalized spacial score (nSPS) is 11.4. The van der Waals surface area contributed by atoms with Gasteiger partial charge in [0.1, 0.15) is 6.29 Å². The van der Waals surface area contributed by atoms with Crippen LogP contribution in [0, 0.1) is 0 Å². The molecule has 1 aromatic carbocycles. The van der Waals surface area contributed by atoms with Crippen molar-refractivity contribution < 1.29 is 23.1 Å². The molecule has 0 heterocycles. The Bertz CT molecular complexity index is 426. The van der Waals surface area contributed by atoms with Crippen LogP contribution in [0.1, 0.15) is 29.3 Å². The number of nitrogens with zero attached hydrogens (tertiary/aromatic N) is 1. The molecule has 19 heavy (non-hydrogen) atoms. The number of alkyl halides is 3. The zero-order valence-corrected chi connectivity index (χ0v) is 10.6. The highest BCUT2D eigenvalue weighted by atomic mass is 19.4. The Morgan fingerprint density at radius 3 is 2.47 bits per heavy atom. The summed E-state index contributed by atoms with van der Waals surface area (Å²) in [6, 6.07) is 3.46. The molecule has 0 bridgehead atoms. The lowest BCUT2D eigenvalue weighted by Crippen LogP contribution is -2.29. The summed E-state index contributed by atoms with van der Waals surface area (Å²) in [4.78, 5) is 12.1. The minimum Gasteiger partial charge on any atom is -0.395 e. The molecule has 0 atom stereocenters. The molecule has 1 rings (SSSR count). The number of anilines is 1. The van der Waals surface area contributed by atoms with Gasteiger partial charge in [-0.2, -0.15) is 13.2 Å². The molecule has 0 aromatic heterocycles. The number of benzene rings is 1. The topological polar surface area (TPSA) is 40.5 Å². The maximum absolute atomic E-state index is 13.0. The first-order valence-electron chi connectivity index (χ1n) is 5.96. The van der Waals surface area contributed by atoms with Gasteiger partial charge in [-0.1, -0.05) is 6.92 Å². The van der Waals surface area contributed by atoms with Crippen molar-refractivity contribution >= 4 is 12.0 Å². The minimum atomic E-state index is -4.53. The lowest BCUT2D eigenvalue weighted by Gasteiger charge is -2.27. The molecule has 0 fully saturated rings. The molecule has 1 aromatic rings. The molecule has 0 unspecified atom stereocenters. The second-order valence-corrected chi connectivity index (χ2v) is 4.10. The zero-order valence-electron chi connectivity index (χ0n) is 10.6. The highest BCUT2D eigenvalue weighted by Gasteiger charge is 2.35. The fourth-order valence-electron chi connectivity index (χ4n) is 1.87. The number of aliphatic hydroxyl groups is 1. The van der Waals surface area contributed by atoms with Crippen molar-refractivity contribution in [1.82, 2.24) is 0 Å². The van der Waals surface area contributed by atoms with E-state index in [9.17, 15) is 18.0 Å². The number of aldehydes is 1. The molecule has 1 N–H and O–H groups in total. The molecule has 106 valence electrons. The number of hydrogen-bond donors (Lipinski definition) is 1. The van der Waals surface area contributed by atoms with Gasteiger partial charge in [-0.05, 0) is 24.6 Å². The van der Waals surface area contributed by atoms with E-state index in [1.54, 1.807) is 0 Å². The smallest absolute Gasteiger partial charge is 0.395 e. The molecule has 0 aliphatic rings. The van der Waals surface area contributed by atoms with E-state index in [0.29, 0.717) is 19.3 Å². The second kappa shape index (κ2) is 6.56. The van der Waals surface area contributed by atoms with Gasteiger partial charge in [0.25, 0.3) is 0 Å². The van der Waals surface area contributed by atoms with E-state index in [-0.39, 0.29) is 24.4 Å². The third-order valence-electron chi connectivity index (χ3n) is 2.67. The number of carbonyl (C=O) groups excluding carboxylic acids is 1. The summed E-state index contributed by atoms with van der Waals surface area (Å²) in [6.45, 7) is 2.14. The second-order valence-electron chi connectivity index (χ2n) is 4.10. The van der Waals surface area contributed by atoms with Crippen LogP contribution in [-0.2, 0) is 6.18 Å². The van der Waals surface area contributed by atoms with Crippen LogP contribution in [-0.4, -0.2) is 31.1 Å². The summed E-state index contributed by atoms with van der Waals surface area (Å²) >= 11 is 0. The van der Waals surface area contributed by atoms with Crippen molar-refractivity contribution in [2.75, 3.05) is 24.6 Å². The third kappa shape index (κ3) is 3.96. The predicted molar refractivity (Wildman–Crippen MR) is 66.4 cm³/mol. The SMILES string of the molecule is CCCN(CCO)c1ccc(C=O)cc1C(F)(F)F. The molecule has 0 saturated heterocycles. The molecule has 0 saturated carbocycles. The molecule has 6 heteroatoms. The Balaban J connectivity index is 3.27. The van der Waals surface area contributed by atoms with Gasteiger partial charge < -0.3 is 10.0 Å². The van der Waals surface area contributed by atoms with Crippen LogP contribution >= 0.6 is 0 Å². The van der Waals surface area contributed by atoms with Gasteiger partial charge in [0.15, 0.2) is 0 Å². The summed E-state index contributed by atoms with van der Waals surface area (Å²) in [5, 5.41) is 8.94. The molecule has 3 nitrogen and oxygen atoms in total. The molecule has 0 spiro atoms. The van der Waals surface area contributed by atoms with Crippen molar-refractivity contribution in [1.29, 1.82) is 0 Å². The van der Waals surface area contributed by atoms with E-state index in [2.05, 4.69) is 0 Å². The van der Waals surface area contributed by atoms with Gasteiger partial charge in [0, 0.05) is 24.3 Å². The fraction of sp³-hybridized carbons (Fsp3) is 0.462. The van der Waals surface area contributed by atoms with Crippen molar-refractivity contribution in [3.63, 3.8) is 0 Å². The summed E-state index contributed by atoms with van der Waals surface area (Å²) in [5.74, 6) is 0. The quantitative estimate of drug-likeness (QED) is 0.811. The molecule has 0 radical (unpaired) electrons. The highest BCUT2D eigenvalue weighted by molar-refractivity contribution is 5.77. The first-order chi connectivity index (χ1) is 8.93. The van der Waals surface area contributed by atoms with Gasteiger partial charge in [0.05, 0.1) is 12.2 Å². The van der Waals surface area contributed by atoms with Crippen molar-refractivity contribution in [3.8, 4) is 0 Å². The van der Waals surface area contributed by atoms with Crippen LogP contribution in [0.2, 0.25) is 0 Å². The van der Waals surface area contributed by atoms with Crippen LogP contribution in [0.25, 0.3) is 0 Å². The van der Waals surface area contributed by atoms with Gasteiger partial charge in [-0.15, -0.1) is 0 Å². The summed E-state index contributed by atoms with van der Waals surface area (Å²) < 4.78 is 39.0. The Hall–Kier alpha value is -1.56. The minimum absolute atomic E-state index is 0.00556. The van der Waals surface area contributed by atoms with Crippen LogP contribution in [0.15, 0.2) is 18.2 Å². The van der Waals surface area contributed by atoms with E-state index in [4.69, 9.17) is 5.11 Å². The fourth-order valence-corrected chi connectivity index (χ4v) is 1.87. The van der Waals surface area contributed by atoms with E-state index in [1.807, 2.05) is 6.92 Å². The van der Waals surface area contributed by atoms with Crippen molar-refractivity contribution in [2.24, 2.45) is 0 Å². The highest BCUT2D eigenvalue weighted by Crippen LogP contribution is 2.37. The van der Waals surface area contributed by atoms with Crippen LogP contribution in [0.3, 0.4) is 0 Å². The average Bonchev–Trinajstić information content (AvgIpc) is 2.37. The van der Waals surface area contributed by atoms with E-state index < -0.39 is 11.7 Å². The van der Waals surface area contributed by atoms with E-state index >= 15 is 0 Å². The van der Waals surface area contributed by atoms with Gasteiger partial charge in [-0.3, -0.25) is 4.79 Å². The molecular formula is C13H16F3NO2. The third-order valence-corrected chi connectivity index (χ3v) is 2.67. The number of hydrogen-bond acceptors (Lipinski definition) is 3. The first-order valence-corrected chi connectivity index (χ1v) is 5.96. The maximum atomic E-state index is 13.0. The molecule has 0 aliphatic carbocycles. The van der Waals surface area contributed by atoms with Crippen LogP contribution in [0.4, 0.5) is 18.9 Å². The molecule has 0 aliphatic heterocycles. The van der Waals surface area contributed by atoms with Crippen LogP contribution < -0.4 is 4.90 Å². The monoisotopic (exact) mass is 275 g/mol. The zero-order chi connectivity index (χ0) is 14.5. The van der Waals surface area contributed by atoms with Gasteiger partial charge in [0.2, 0.25) is 0 Å². The maximum Gasteiger partial charge on any atom is 0.418 e. The summed E-state index contributed by atoms with van der Waals surface area (Å²) in [6.07, 6.45) is -3.49. The van der Waals surface area contributed by atoms with Crippen molar-refractivity contribution in [2.45, 2.75) is 19.5 Å². The van der Waals surface area contributed by atoms with Gasteiger partial charge in [-0.25, -0.2) is 0 Å². The number of halogens is 3. The Morgan fingerprint density at radius 1 is 1.32 bits per heavy atom. The lowest BCUT2D eigenvalue weighted by molar-refractivity contribution is -0.137. The van der Waals surface area contributed by atoms with E-state index in [1.165, 1.54) is 17.0 Å². The standard InChI is InChI=1S/C13H16F3NO2/c1-2-5-17(6-7-18)12-4-3-10(9-19)8-11(12)13(14,15)16/h3-4,8-9,18H,2,5-7H2,1H3. The molecular weight excluding hydrogens is 259 g/mol. The number of carbonyl (C=O) groups is 1. The number of aliphatic hydroxyl groups excluding tert-OH is 1. The average molecular weight is 275 g/mol. The Kier molecular flexibility index (Phi) is 5.35. The first kappa shape index (κ1) is 15.5. The molecule has 0 amide bonds. The number of rotatable bonds is 6. The van der Waals surface area contributed by atoms with Crippen LogP contribution in [0.5, 0.6) is 0 Å². The largest absolute Gasteiger partial charge is 0.418 e. The summed E-state index contributed by atoms with van der Waals surface area (Å²) in [7, 11) is 0. The predicted octanol–water partition coefficient (Wildman–Crippen LogP) is 2.73. The lowest BCUT2D eigenvalue weighted by atomic mass is 10.1. The van der Waals surface area contributed by atoms with E-state index in [0.717, 1.165) is 6.07 Å². The van der Waals surface area contributed by atoms with Crippen molar-refractivity contribution in [3.05, 3.63) is 29.3 Å². The summed E-state index contributed by atoms with van der Waals surface area (Å²) in [5.41, 5.74) is -0.871. The van der Waals surface area contributed by atoms with Gasteiger partial charge >= 0.3 is 6.18 Å². The Labute approximate surface area is 109 Å². The Morgan fingerprint density at radius 2 is 2.00 bits per heavy atom.